The van der Waals surface area contributed by atoms with E-state index in [1.54, 1.807) is 6.20 Å². The van der Waals surface area contributed by atoms with Gasteiger partial charge in [-0.05, 0) is 6.92 Å². The number of nitrogens with one attached hydrogen (secondary N) is 1. The van der Waals surface area contributed by atoms with E-state index in [4.69, 9.17) is 9.84 Å². The van der Waals surface area contributed by atoms with Crippen LogP contribution >= 0.6 is 11.3 Å². The van der Waals surface area contributed by atoms with Crippen LogP contribution in [0.5, 0.6) is 5.88 Å². The van der Waals surface area contributed by atoms with Gasteiger partial charge in [-0.15, -0.1) is 11.3 Å². The minimum Gasteiger partial charge on any atom is -0.480 e. The third kappa shape index (κ3) is 3.16. The first-order valence-electron chi connectivity index (χ1n) is 5.41. The third-order valence-electron chi connectivity index (χ3n) is 2.30. The molecule has 0 fully saturated rings. The Kier molecular flexibility index (Phi) is 3.91. The highest BCUT2D eigenvalue weighted by Crippen LogP contribution is 2.22. The number of aromatic nitrogens is 3. The van der Waals surface area contributed by atoms with E-state index in [0.29, 0.717) is 16.7 Å². The first kappa shape index (κ1) is 13.2. The van der Waals surface area contributed by atoms with Gasteiger partial charge in [0.2, 0.25) is 5.88 Å². The zero-order valence-corrected chi connectivity index (χ0v) is 11.1. The zero-order valence-electron chi connectivity index (χ0n) is 10.3. The molecule has 0 aromatic carbocycles. The molecule has 2 aromatic heterocycles. The monoisotopic (exact) mass is 280 g/mol. The lowest BCUT2D eigenvalue weighted by Crippen LogP contribution is -2.09. The first-order chi connectivity index (χ1) is 9.10. The van der Waals surface area contributed by atoms with E-state index in [0.717, 1.165) is 0 Å². The Morgan fingerprint density at radius 1 is 1.47 bits per heavy atom. The molecule has 0 amide bonds. The van der Waals surface area contributed by atoms with Gasteiger partial charge >= 0.3 is 5.97 Å². The standard InChI is InChI=1S/C11H12N4O3S/c1-6(10-14-7(5-19-10)11(16)17)13-8-3-12-4-9(15-8)18-2/h3-6H,1-2H3,(H,13,15)(H,16,17). The van der Waals surface area contributed by atoms with Crippen LogP contribution in [-0.2, 0) is 0 Å². The van der Waals surface area contributed by atoms with E-state index >= 15 is 0 Å². The highest BCUT2D eigenvalue weighted by molar-refractivity contribution is 7.09. The van der Waals surface area contributed by atoms with Crippen LogP contribution in [0.1, 0.15) is 28.5 Å². The number of carboxylic acid groups (broad SMARTS) is 1. The maximum absolute atomic E-state index is 10.8. The second-order valence-corrected chi connectivity index (χ2v) is 4.58. The number of carboxylic acids is 1. The Morgan fingerprint density at radius 2 is 2.26 bits per heavy atom. The van der Waals surface area contributed by atoms with Crippen LogP contribution in [0.4, 0.5) is 5.82 Å². The molecule has 0 saturated heterocycles. The molecule has 1 atom stereocenters. The van der Waals surface area contributed by atoms with E-state index in [9.17, 15) is 4.79 Å². The van der Waals surface area contributed by atoms with Crippen molar-refractivity contribution in [1.82, 2.24) is 15.0 Å². The number of aromatic carboxylic acids is 1. The van der Waals surface area contributed by atoms with E-state index in [2.05, 4.69) is 20.3 Å². The molecular weight excluding hydrogens is 268 g/mol. The maximum atomic E-state index is 10.8. The highest BCUT2D eigenvalue weighted by atomic mass is 32.1. The number of nitrogens with zero attached hydrogens (tertiary/aromatic N) is 3. The number of hydrogen-bond donors (Lipinski definition) is 2. The molecule has 0 aliphatic rings. The van der Waals surface area contributed by atoms with Crippen molar-refractivity contribution >= 4 is 23.1 Å². The summed E-state index contributed by atoms with van der Waals surface area (Å²) in [5.74, 6) is -0.0858. The molecule has 8 heteroatoms. The second-order valence-electron chi connectivity index (χ2n) is 3.69. The number of hydrogen-bond acceptors (Lipinski definition) is 7. The largest absolute Gasteiger partial charge is 0.480 e. The van der Waals surface area contributed by atoms with Gasteiger partial charge in [0, 0.05) is 5.38 Å². The number of methoxy groups -OCH3 is 1. The summed E-state index contributed by atoms with van der Waals surface area (Å²) in [6, 6.07) is -0.167. The van der Waals surface area contributed by atoms with Crippen LogP contribution in [0.15, 0.2) is 17.8 Å². The van der Waals surface area contributed by atoms with Crippen molar-refractivity contribution in [3.8, 4) is 5.88 Å². The van der Waals surface area contributed by atoms with Crippen molar-refractivity contribution < 1.29 is 14.6 Å². The van der Waals surface area contributed by atoms with Gasteiger partial charge in [-0.1, -0.05) is 0 Å². The summed E-state index contributed by atoms with van der Waals surface area (Å²) in [4.78, 5) is 22.9. The SMILES string of the molecule is COc1cncc(NC(C)c2nc(C(=O)O)cs2)n1. The zero-order chi connectivity index (χ0) is 13.8. The molecule has 1 unspecified atom stereocenters. The Morgan fingerprint density at radius 3 is 2.89 bits per heavy atom. The lowest BCUT2D eigenvalue weighted by molar-refractivity contribution is 0.0691. The Labute approximate surface area is 113 Å². The smallest absolute Gasteiger partial charge is 0.355 e. The molecule has 2 rings (SSSR count). The number of carbonyl (C=O) groups is 1. The summed E-state index contributed by atoms with van der Waals surface area (Å²) in [5.41, 5.74) is 0.0466. The minimum atomic E-state index is -1.03. The van der Waals surface area contributed by atoms with Crippen LogP contribution in [0.3, 0.4) is 0 Å². The van der Waals surface area contributed by atoms with Gasteiger partial charge in [0.15, 0.2) is 5.69 Å². The van der Waals surface area contributed by atoms with Crippen LogP contribution in [0.2, 0.25) is 0 Å². The molecule has 0 aliphatic carbocycles. The number of ether oxygens (including phenoxy) is 1. The normalized spacial score (nSPS) is 11.9. The molecular formula is C11H12N4O3S. The summed E-state index contributed by atoms with van der Waals surface area (Å²) in [5, 5.41) is 14.1. The van der Waals surface area contributed by atoms with Gasteiger partial charge in [-0.2, -0.15) is 4.98 Å². The highest BCUT2D eigenvalue weighted by Gasteiger charge is 2.14. The fraction of sp³-hybridized carbons (Fsp3) is 0.273. The van der Waals surface area contributed by atoms with Crippen LogP contribution in [0.25, 0.3) is 0 Å². The van der Waals surface area contributed by atoms with E-state index < -0.39 is 5.97 Å². The summed E-state index contributed by atoms with van der Waals surface area (Å²) < 4.78 is 4.97. The molecule has 2 heterocycles. The summed E-state index contributed by atoms with van der Waals surface area (Å²) in [6.07, 6.45) is 3.06. The lowest BCUT2D eigenvalue weighted by atomic mass is 10.3. The molecule has 2 N–H and O–H groups in total. The van der Waals surface area contributed by atoms with Gasteiger partial charge < -0.3 is 15.2 Å². The van der Waals surface area contributed by atoms with Crippen molar-refractivity contribution in [1.29, 1.82) is 0 Å². The van der Waals surface area contributed by atoms with Gasteiger partial charge in [-0.3, -0.25) is 4.98 Å². The van der Waals surface area contributed by atoms with Crippen molar-refractivity contribution in [2.24, 2.45) is 0 Å². The molecule has 0 saturated carbocycles. The van der Waals surface area contributed by atoms with E-state index in [-0.39, 0.29) is 11.7 Å². The fourth-order valence-electron chi connectivity index (χ4n) is 1.38. The van der Waals surface area contributed by atoms with Crippen molar-refractivity contribution in [2.45, 2.75) is 13.0 Å². The maximum Gasteiger partial charge on any atom is 0.355 e. The summed E-state index contributed by atoms with van der Waals surface area (Å²) >= 11 is 1.28. The topological polar surface area (TPSA) is 97.2 Å². The molecule has 7 nitrogen and oxygen atoms in total. The molecule has 19 heavy (non-hydrogen) atoms. The van der Waals surface area contributed by atoms with Crippen LogP contribution < -0.4 is 10.1 Å². The lowest BCUT2D eigenvalue weighted by Gasteiger charge is -2.11. The predicted octanol–water partition coefficient (Wildman–Crippen LogP) is 1.81. The van der Waals surface area contributed by atoms with E-state index in [1.165, 1.54) is 30.0 Å². The molecule has 0 spiro atoms. The van der Waals surface area contributed by atoms with Crippen molar-refractivity contribution in [3.63, 3.8) is 0 Å². The number of thiazole rings is 1. The molecule has 0 radical (unpaired) electrons. The fourth-order valence-corrected chi connectivity index (χ4v) is 2.18. The Balaban J connectivity index is 2.10. The van der Waals surface area contributed by atoms with Crippen LogP contribution in [0, 0.1) is 0 Å². The molecule has 0 aliphatic heterocycles. The summed E-state index contributed by atoms with van der Waals surface area (Å²) in [7, 11) is 1.51. The average molecular weight is 280 g/mol. The predicted molar refractivity (Wildman–Crippen MR) is 69.7 cm³/mol. The van der Waals surface area contributed by atoms with Crippen molar-refractivity contribution in [3.05, 3.63) is 28.5 Å². The Bertz CT molecular complexity index is 587. The number of rotatable bonds is 5. The van der Waals surface area contributed by atoms with Gasteiger partial charge in [0.1, 0.15) is 10.8 Å². The number of anilines is 1. The average Bonchev–Trinajstić information content (AvgIpc) is 2.89. The van der Waals surface area contributed by atoms with Gasteiger partial charge in [0.05, 0.1) is 25.5 Å². The molecule has 2 aromatic rings. The quantitative estimate of drug-likeness (QED) is 0.862. The first-order valence-corrected chi connectivity index (χ1v) is 6.29. The van der Waals surface area contributed by atoms with Gasteiger partial charge in [-0.25, -0.2) is 9.78 Å². The van der Waals surface area contributed by atoms with Gasteiger partial charge in [0.25, 0.3) is 0 Å². The van der Waals surface area contributed by atoms with E-state index in [1.807, 2.05) is 6.92 Å². The molecule has 100 valence electrons. The van der Waals surface area contributed by atoms with Crippen LogP contribution in [-0.4, -0.2) is 33.1 Å². The third-order valence-corrected chi connectivity index (χ3v) is 3.32. The van der Waals surface area contributed by atoms with Crippen molar-refractivity contribution in [2.75, 3.05) is 12.4 Å². The Hall–Kier alpha value is -2.22. The minimum absolute atomic E-state index is 0.0466. The second kappa shape index (κ2) is 5.61. The molecule has 0 bridgehead atoms. The summed E-state index contributed by atoms with van der Waals surface area (Å²) in [6.45, 7) is 1.87.